The molecule has 0 saturated heterocycles. The molecule has 0 bridgehead atoms. The van der Waals surface area contributed by atoms with Gasteiger partial charge in [-0.15, -0.1) is 0 Å². The maximum absolute atomic E-state index is 13.1. The molecular weight excluding hydrogens is 308 g/mol. The third-order valence-corrected chi connectivity index (χ3v) is 8.59. The van der Waals surface area contributed by atoms with Gasteiger partial charge in [0.1, 0.15) is 5.78 Å². The number of rotatable bonds is 0. The number of carbonyl (C=O) groups is 2. The molecule has 132 valence electrons. The van der Waals surface area contributed by atoms with Gasteiger partial charge >= 0.3 is 0 Å². The molecule has 0 heterocycles. The van der Waals surface area contributed by atoms with Gasteiger partial charge in [0.25, 0.3) is 0 Å². The van der Waals surface area contributed by atoms with Crippen molar-refractivity contribution in [3.63, 3.8) is 0 Å². The predicted molar refractivity (Wildman–Crippen MR) is 98.0 cm³/mol. The minimum atomic E-state index is -0.192. The van der Waals surface area contributed by atoms with Crippen LogP contribution in [0, 0.1) is 22.2 Å². The Morgan fingerprint density at radius 3 is 2.64 bits per heavy atom. The minimum Gasteiger partial charge on any atom is -0.299 e. The van der Waals surface area contributed by atoms with Crippen LogP contribution in [0.15, 0.2) is 34.4 Å². The van der Waals surface area contributed by atoms with Gasteiger partial charge in [-0.2, -0.15) is 0 Å². The number of Topliss-reactive ketones (excluding diaryl/α,β-unsaturated/α-hetero) is 1. The van der Waals surface area contributed by atoms with Crippen molar-refractivity contribution in [3.05, 3.63) is 34.4 Å². The van der Waals surface area contributed by atoms with Crippen molar-refractivity contribution in [2.75, 3.05) is 0 Å². The van der Waals surface area contributed by atoms with E-state index in [1.54, 1.807) is 5.57 Å². The second kappa shape index (κ2) is 4.64. The van der Waals surface area contributed by atoms with E-state index >= 15 is 0 Å². The molecule has 2 heteroatoms. The largest absolute Gasteiger partial charge is 0.299 e. The fraction of sp³-hybridized carbons (Fsp3) is 0.652. The summed E-state index contributed by atoms with van der Waals surface area (Å²) in [6.45, 7) is 7.02. The van der Waals surface area contributed by atoms with Gasteiger partial charge in [-0.25, -0.2) is 0 Å². The molecule has 0 radical (unpaired) electrons. The van der Waals surface area contributed by atoms with E-state index in [1.165, 1.54) is 16.7 Å². The fourth-order valence-electron chi connectivity index (χ4n) is 7.09. The summed E-state index contributed by atoms with van der Waals surface area (Å²) in [5.74, 6) is 1.23. The third kappa shape index (κ3) is 1.67. The predicted octanol–water partition coefficient (Wildman–Crippen LogP) is 5.10. The number of carbonyl (C=O) groups excluding carboxylic acids is 2. The van der Waals surface area contributed by atoms with Crippen molar-refractivity contribution in [2.45, 2.75) is 72.1 Å². The third-order valence-electron chi connectivity index (χ3n) is 8.59. The first-order chi connectivity index (χ1) is 11.8. The van der Waals surface area contributed by atoms with Crippen molar-refractivity contribution in [2.24, 2.45) is 22.2 Å². The Balaban J connectivity index is 1.71. The van der Waals surface area contributed by atoms with E-state index in [0.717, 1.165) is 44.9 Å². The van der Waals surface area contributed by atoms with Gasteiger partial charge in [0.2, 0.25) is 0 Å². The normalized spacial score (nSPS) is 45.5. The standard InChI is InChI=1S/C23H28O2/c1-14-12-15-13-16(24)4-10-22(15,3)17-6-11-23-18(20(14)17)5-8-21(23,2)9-7-19(23)25/h5,13-14H,4,6-12H2,1-3H3/t14-,21+,22?,23?/m1/s1. The zero-order valence-electron chi connectivity index (χ0n) is 15.7. The van der Waals surface area contributed by atoms with Gasteiger partial charge in [0.05, 0.1) is 5.41 Å². The lowest BCUT2D eigenvalue weighted by atomic mass is 9.51. The monoisotopic (exact) mass is 336 g/mol. The van der Waals surface area contributed by atoms with Crippen LogP contribution in [-0.4, -0.2) is 11.6 Å². The fourth-order valence-corrected chi connectivity index (χ4v) is 7.09. The Morgan fingerprint density at radius 2 is 1.84 bits per heavy atom. The molecule has 0 amide bonds. The number of fused-ring (bicyclic) bond motifs is 3. The molecule has 25 heavy (non-hydrogen) atoms. The van der Waals surface area contributed by atoms with Crippen LogP contribution in [0.1, 0.15) is 72.1 Å². The SMILES string of the molecule is C[C@@H]1CC2=CC(=O)CCC2(C)C2=C1C1=CC[C@@]3(C)CCC(=O)C13CC2. The Labute approximate surface area is 150 Å². The molecule has 5 aliphatic rings. The van der Waals surface area contributed by atoms with E-state index in [-0.39, 0.29) is 16.2 Å². The zero-order chi connectivity index (χ0) is 17.6. The Bertz CT molecular complexity index is 810. The van der Waals surface area contributed by atoms with Crippen molar-refractivity contribution in [1.82, 2.24) is 0 Å². The quantitative estimate of drug-likeness (QED) is 0.617. The maximum Gasteiger partial charge on any atom is 0.155 e. The average Bonchev–Trinajstić information content (AvgIpc) is 3.01. The van der Waals surface area contributed by atoms with E-state index in [1.807, 2.05) is 6.08 Å². The van der Waals surface area contributed by atoms with Gasteiger partial charge in [0.15, 0.2) is 5.78 Å². The van der Waals surface area contributed by atoms with E-state index in [2.05, 4.69) is 26.8 Å². The molecular formula is C23H28O2. The molecule has 1 saturated carbocycles. The van der Waals surface area contributed by atoms with E-state index in [4.69, 9.17) is 0 Å². The lowest BCUT2D eigenvalue weighted by Gasteiger charge is -2.52. The minimum absolute atomic E-state index is 0.0544. The van der Waals surface area contributed by atoms with Crippen molar-refractivity contribution >= 4 is 11.6 Å². The molecule has 5 rings (SSSR count). The molecule has 0 aliphatic heterocycles. The highest BCUT2D eigenvalue weighted by Crippen LogP contribution is 2.70. The summed E-state index contributed by atoms with van der Waals surface area (Å²) in [5.41, 5.74) is 5.84. The number of hydrogen-bond acceptors (Lipinski definition) is 2. The first-order valence-electron chi connectivity index (χ1n) is 10.0. The average molecular weight is 336 g/mol. The molecule has 5 aliphatic carbocycles. The Kier molecular flexibility index (Phi) is 2.93. The van der Waals surface area contributed by atoms with E-state index in [0.29, 0.717) is 23.9 Å². The van der Waals surface area contributed by atoms with Gasteiger partial charge < -0.3 is 0 Å². The topological polar surface area (TPSA) is 34.1 Å². The maximum atomic E-state index is 13.1. The first kappa shape index (κ1) is 15.8. The van der Waals surface area contributed by atoms with E-state index < -0.39 is 0 Å². The summed E-state index contributed by atoms with van der Waals surface area (Å²) in [6.07, 6.45) is 11.9. The highest BCUT2D eigenvalue weighted by molar-refractivity contribution is 5.95. The smallest absolute Gasteiger partial charge is 0.155 e. The molecule has 1 spiro atoms. The summed E-state index contributed by atoms with van der Waals surface area (Å²) < 4.78 is 0. The summed E-state index contributed by atoms with van der Waals surface area (Å²) in [6, 6.07) is 0. The Morgan fingerprint density at radius 1 is 1.04 bits per heavy atom. The number of hydrogen-bond donors (Lipinski definition) is 0. The summed E-state index contributed by atoms with van der Waals surface area (Å²) >= 11 is 0. The summed E-state index contributed by atoms with van der Waals surface area (Å²) in [7, 11) is 0. The van der Waals surface area contributed by atoms with Gasteiger partial charge in [-0.05, 0) is 67.1 Å². The zero-order valence-corrected chi connectivity index (χ0v) is 15.7. The van der Waals surface area contributed by atoms with Crippen molar-refractivity contribution < 1.29 is 9.59 Å². The molecule has 2 unspecified atom stereocenters. The van der Waals surface area contributed by atoms with Crippen LogP contribution in [-0.2, 0) is 9.59 Å². The molecule has 4 atom stereocenters. The van der Waals surface area contributed by atoms with Crippen LogP contribution >= 0.6 is 0 Å². The van der Waals surface area contributed by atoms with Crippen molar-refractivity contribution in [1.29, 1.82) is 0 Å². The number of ketones is 2. The summed E-state index contributed by atoms with van der Waals surface area (Å²) in [5, 5.41) is 0. The van der Waals surface area contributed by atoms with Gasteiger partial charge in [-0.3, -0.25) is 9.59 Å². The number of allylic oxidation sites excluding steroid dienone is 6. The van der Waals surface area contributed by atoms with Gasteiger partial charge in [-0.1, -0.05) is 38.0 Å². The molecule has 0 aromatic heterocycles. The highest BCUT2D eigenvalue weighted by atomic mass is 16.1. The van der Waals surface area contributed by atoms with Crippen LogP contribution < -0.4 is 0 Å². The second-order valence-corrected chi connectivity index (χ2v) is 9.68. The van der Waals surface area contributed by atoms with Crippen LogP contribution in [0.5, 0.6) is 0 Å². The molecule has 1 fully saturated rings. The molecule has 2 nitrogen and oxygen atoms in total. The lowest BCUT2D eigenvalue weighted by molar-refractivity contribution is -0.127. The van der Waals surface area contributed by atoms with Crippen LogP contribution in [0.3, 0.4) is 0 Å². The van der Waals surface area contributed by atoms with E-state index in [9.17, 15) is 9.59 Å². The highest BCUT2D eigenvalue weighted by Gasteiger charge is 2.64. The molecule has 0 aromatic carbocycles. The lowest BCUT2D eigenvalue weighted by Crippen LogP contribution is -2.45. The summed E-state index contributed by atoms with van der Waals surface area (Å²) in [4.78, 5) is 25.1. The first-order valence-corrected chi connectivity index (χ1v) is 10.0. The Hall–Kier alpha value is -1.44. The molecule has 0 N–H and O–H groups in total. The van der Waals surface area contributed by atoms with Gasteiger partial charge in [0, 0.05) is 18.3 Å². The molecule has 0 aromatic rings. The van der Waals surface area contributed by atoms with Crippen LogP contribution in [0.2, 0.25) is 0 Å². The van der Waals surface area contributed by atoms with Crippen LogP contribution in [0.25, 0.3) is 0 Å². The van der Waals surface area contributed by atoms with Crippen molar-refractivity contribution in [3.8, 4) is 0 Å². The van der Waals surface area contributed by atoms with Crippen LogP contribution in [0.4, 0.5) is 0 Å². The second-order valence-electron chi connectivity index (χ2n) is 9.68.